The predicted octanol–water partition coefficient (Wildman–Crippen LogP) is 4.64. The minimum Gasteiger partial charge on any atom is -0.358 e. The van der Waals surface area contributed by atoms with Crippen LogP contribution in [0.2, 0.25) is 0 Å². The molecular formula is C16H19N5S3. The van der Waals surface area contributed by atoms with Crippen LogP contribution in [0.3, 0.4) is 0 Å². The van der Waals surface area contributed by atoms with E-state index >= 15 is 0 Å². The van der Waals surface area contributed by atoms with Crippen molar-refractivity contribution in [3.63, 3.8) is 0 Å². The third kappa shape index (κ3) is 3.14. The number of fused-ring (bicyclic) bond motifs is 3. The summed E-state index contributed by atoms with van der Waals surface area (Å²) >= 11 is 5.01. The van der Waals surface area contributed by atoms with Gasteiger partial charge < -0.3 is 5.32 Å². The molecule has 4 rings (SSSR count). The zero-order chi connectivity index (χ0) is 16.7. The fraction of sp³-hybridized carbons (Fsp3) is 0.500. The molecule has 5 nitrogen and oxygen atoms in total. The lowest BCUT2D eigenvalue weighted by molar-refractivity contribution is 0.509. The van der Waals surface area contributed by atoms with Crippen molar-refractivity contribution in [3.8, 4) is 0 Å². The van der Waals surface area contributed by atoms with Crippen LogP contribution in [-0.2, 0) is 12.8 Å². The van der Waals surface area contributed by atoms with E-state index in [0.717, 1.165) is 31.7 Å². The molecule has 0 bridgehead atoms. The Morgan fingerprint density at radius 3 is 2.96 bits per heavy atom. The quantitative estimate of drug-likeness (QED) is 0.668. The highest BCUT2D eigenvalue weighted by molar-refractivity contribution is 8.01. The van der Waals surface area contributed by atoms with Gasteiger partial charge in [-0.15, -0.1) is 21.5 Å². The number of rotatable bonds is 4. The first kappa shape index (κ1) is 16.2. The van der Waals surface area contributed by atoms with E-state index in [1.165, 1.54) is 28.7 Å². The standard InChI is InChI=1S/C16H19N5S3/c1-8(2)19-15-20-21-16(24-15)23-14-12-10-5-4-9(3)6-11(10)22-13(12)17-7-18-14/h7-9H,4-6H2,1-3H3,(H,19,20). The second-order valence-corrected chi connectivity index (χ2v) is 9.78. The molecule has 1 atom stereocenters. The molecule has 0 aliphatic heterocycles. The molecule has 0 spiro atoms. The molecule has 0 amide bonds. The zero-order valence-electron chi connectivity index (χ0n) is 13.9. The number of thiophene rings is 1. The lowest BCUT2D eigenvalue weighted by Crippen LogP contribution is -2.08. The number of nitrogens with zero attached hydrogens (tertiary/aromatic N) is 4. The second-order valence-electron chi connectivity index (χ2n) is 6.48. The van der Waals surface area contributed by atoms with Crippen molar-refractivity contribution in [1.29, 1.82) is 0 Å². The van der Waals surface area contributed by atoms with Gasteiger partial charge in [0, 0.05) is 16.3 Å². The van der Waals surface area contributed by atoms with Crippen molar-refractivity contribution in [2.24, 2.45) is 5.92 Å². The Bertz CT molecular complexity index is 870. The number of hydrogen-bond acceptors (Lipinski definition) is 8. The minimum absolute atomic E-state index is 0.354. The smallest absolute Gasteiger partial charge is 0.206 e. The van der Waals surface area contributed by atoms with Gasteiger partial charge in [-0.3, -0.25) is 0 Å². The molecule has 1 aliphatic carbocycles. The minimum atomic E-state index is 0.354. The summed E-state index contributed by atoms with van der Waals surface area (Å²) in [6, 6.07) is 0.354. The van der Waals surface area contributed by atoms with E-state index in [1.807, 2.05) is 11.3 Å². The summed E-state index contributed by atoms with van der Waals surface area (Å²) in [5, 5.41) is 14.9. The molecular weight excluding hydrogens is 358 g/mol. The molecule has 126 valence electrons. The Kier molecular flexibility index (Phi) is 4.44. The molecule has 1 unspecified atom stereocenters. The van der Waals surface area contributed by atoms with Crippen LogP contribution in [-0.4, -0.2) is 26.2 Å². The Labute approximate surface area is 153 Å². The fourth-order valence-corrected chi connectivity index (χ4v) is 6.31. The van der Waals surface area contributed by atoms with Gasteiger partial charge >= 0.3 is 0 Å². The maximum atomic E-state index is 4.55. The predicted molar refractivity (Wildman–Crippen MR) is 101 cm³/mol. The number of hydrogen-bond donors (Lipinski definition) is 1. The van der Waals surface area contributed by atoms with E-state index in [-0.39, 0.29) is 0 Å². The first-order chi connectivity index (χ1) is 11.6. The zero-order valence-corrected chi connectivity index (χ0v) is 16.3. The van der Waals surface area contributed by atoms with E-state index in [4.69, 9.17) is 0 Å². The van der Waals surface area contributed by atoms with Crippen LogP contribution in [0, 0.1) is 5.92 Å². The summed E-state index contributed by atoms with van der Waals surface area (Å²) in [5.74, 6) is 0.766. The lowest BCUT2D eigenvalue weighted by Gasteiger charge is -2.17. The van der Waals surface area contributed by atoms with Crippen molar-refractivity contribution in [1.82, 2.24) is 20.2 Å². The Morgan fingerprint density at radius 1 is 1.25 bits per heavy atom. The normalized spacial score (nSPS) is 17.4. The van der Waals surface area contributed by atoms with Gasteiger partial charge in [0.15, 0.2) is 4.34 Å². The number of aryl methyl sites for hydroxylation is 1. The van der Waals surface area contributed by atoms with Gasteiger partial charge in [-0.05, 0) is 56.4 Å². The third-order valence-corrected chi connectivity index (χ3v) is 7.13. The summed E-state index contributed by atoms with van der Waals surface area (Å²) in [6.07, 6.45) is 5.22. The maximum absolute atomic E-state index is 4.55. The van der Waals surface area contributed by atoms with Gasteiger partial charge in [-0.1, -0.05) is 18.3 Å². The van der Waals surface area contributed by atoms with Crippen molar-refractivity contribution in [3.05, 3.63) is 16.8 Å². The molecule has 3 heterocycles. The van der Waals surface area contributed by atoms with Gasteiger partial charge in [0.25, 0.3) is 0 Å². The molecule has 24 heavy (non-hydrogen) atoms. The van der Waals surface area contributed by atoms with Crippen LogP contribution in [0.5, 0.6) is 0 Å². The average Bonchev–Trinajstić information content (AvgIpc) is 3.10. The third-order valence-electron chi connectivity index (χ3n) is 4.06. The van der Waals surface area contributed by atoms with Crippen LogP contribution in [0.25, 0.3) is 10.2 Å². The highest BCUT2D eigenvalue weighted by Crippen LogP contribution is 2.42. The fourth-order valence-electron chi connectivity index (χ4n) is 2.96. The SMILES string of the molecule is CC1CCc2c(sc3ncnc(Sc4nnc(NC(C)C)s4)c23)C1. The van der Waals surface area contributed by atoms with Crippen LogP contribution in [0.1, 0.15) is 37.6 Å². The number of nitrogens with one attached hydrogen (secondary N) is 1. The summed E-state index contributed by atoms with van der Waals surface area (Å²) in [5.41, 5.74) is 1.46. The molecule has 0 saturated heterocycles. The number of aromatic nitrogens is 4. The Morgan fingerprint density at radius 2 is 2.12 bits per heavy atom. The topological polar surface area (TPSA) is 63.6 Å². The summed E-state index contributed by atoms with van der Waals surface area (Å²) in [7, 11) is 0. The van der Waals surface area contributed by atoms with E-state index in [1.54, 1.807) is 29.4 Å². The monoisotopic (exact) mass is 377 g/mol. The van der Waals surface area contributed by atoms with Gasteiger partial charge in [0.2, 0.25) is 5.13 Å². The van der Waals surface area contributed by atoms with Crippen LogP contribution in [0.15, 0.2) is 15.7 Å². The van der Waals surface area contributed by atoms with Crippen molar-refractivity contribution in [2.75, 3.05) is 5.32 Å². The highest BCUT2D eigenvalue weighted by atomic mass is 32.2. The molecule has 0 radical (unpaired) electrons. The Hall–Kier alpha value is -1.25. The van der Waals surface area contributed by atoms with Crippen molar-refractivity contribution >= 4 is 49.8 Å². The van der Waals surface area contributed by atoms with Crippen molar-refractivity contribution < 1.29 is 0 Å². The first-order valence-corrected chi connectivity index (χ1v) is 10.6. The molecule has 1 aliphatic rings. The molecule has 3 aromatic heterocycles. The lowest BCUT2D eigenvalue weighted by atomic mass is 9.89. The van der Waals surface area contributed by atoms with E-state index in [0.29, 0.717) is 6.04 Å². The maximum Gasteiger partial charge on any atom is 0.206 e. The van der Waals surface area contributed by atoms with Gasteiger partial charge in [0.05, 0.1) is 0 Å². The van der Waals surface area contributed by atoms with Gasteiger partial charge in [0.1, 0.15) is 16.2 Å². The average molecular weight is 378 g/mol. The van der Waals surface area contributed by atoms with Crippen LogP contribution in [0.4, 0.5) is 5.13 Å². The number of anilines is 1. The molecule has 0 saturated carbocycles. The molecule has 0 aromatic carbocycles. The summed E-state index contributed by atoms with van der Waals surface area (Å²) in [4.78, 5) is 11.7. The molecule has 0 fully saturated rings. The summed E-state index contributed by atoms with van der Waals surface area (Å²) in [6.45, 7) is 6.53. The van der Waals surface area contributed by atoms with E-state index in [2.05, 4.69) is 46.3 Å². The van der Waals surface area contributed by atoms with E-state index < -0.39 is 0 Å². The van der Waals surface area contributed by atoms with Crippen molar-refractivity contribution in [2.45, 2.75) is 55.4 Å². The summed E-state index contributed by atoms with van der Waals surface area (Å²) < 4.78 is 0.919. The van der Waals surface area contributed by atoms with Gasteiger partial charge in [-0.2, -0.15) is 0 Å². The van der Waals surface area contributed by atoms with Gasteiger partial charge in [-0.25, -0.2) is 9.97 Å². The molecule has 1 N–H and O–H groups in total. The first-order valence-electron chi connectivity index (χ1n) is 8.13. The van der Waals surface area contributed by atoms with Crippen LogP contribution < -0.4 is 5.32 Å². The highest BCUT2D eigenvalue weighted by Gasteiger charge is 2.23. The molecule has 3 aromatic rings. The Balaban J connectivity index is 1.68. The van der Waals surface area contributed by atoms with E-state index in [9.17, 15) is 0 Å². The van der Waals surface area contributed by atoms with Crippen LogP contribution >= 0.6 is 34.4 Å². The molecule has 8 heteroatoms. The largest absolute Gasteiger partial charge is 0.358 e. The second kappa shape index (κ2) is 6.57.